The number of hydrogen-bond donors (Lipinski definition) is 2. The van der Waals surface area contributed by atoms with Gasteiger partial charge in [0.15, 0.2) is 0 Å². The quantitative estimate of drug-likeness (QED) is 0.877. The predicted octanol–water partition coefficient (Wildman–Crippen LogP) is 2.36. The third-order valence-corrected chi connectivity index (χ3v) is 3.74. The molecule has 5 heteroatoms. The summed E-state index contributed by atoms with van der Waals surface area (Å²) in [7, 11) is 0. The Kier molecular flexibility index (Phi) is 7.54. The Bertz CT molecular complexity index is 460. The topological polar surface area (TPSA) is 50.4 Å². The molecule has 1 saturated heterocycles. The van der Waals surface area contributed by atoms with Crippen LogP contribution in [0.5, 0.6) is 5.75 Å². The molecule has 2 rings (SSSR count). The normalized spacial score (nSPS) is 17.7. The Hall–Kier alpha value is -1.26. The van der Waals surface area contributed by atoms with Gasteiger partial charge in [-0.05, 0) is 56.5 Å². The Morgan fingerprint density at radius 3 is 2.86 bits per heavy atom. The van der Waals surface area contributed by atoms with Crippen molar-refractivity contribution in [1.29, 1.82) is 0 Å². The molecule has 21 heavy (non-hydrogen) atoms. The molecule has 0 radical (unpaired) electrons. The molecule has 1 aromatic carbocycles. The maximum atomic E-state index is 11.8. The first-order valence-corrected chi connectivity index (χ1v) is 7.35. The van der Waals surface area contributed by atoms with E-state index in [0.29, 0.717) is 13.0 Å². The Labute approximate surface area is 133 Å². The van der Waals surface area contributed by atoms with Gasteiger partial charge in [0.05, 0.1) is 13.0 Å². The summed E-state index contributed by atoms with van der Waals surface area (Å²) in [6, 6.07) is 6.28. The van der Waals surface area contributed by atoms with Crippen LogP contribution in [-0.4, -0.2) is 31.6 Å². The van der Waals surface area contributed by atoms with Gasteiger partial charge >= 0.3 is 0 Å². The van der Waals surface area contributed by atoms with Crippen molar-refractivity contribution in [1.82, 2.24) is 10.6 Å². The standard InChI is InChI=1S/C16H24N2O2.ClH/c1-12-5-6-15(10-13(12)2)20-9-7-16(19)18-14-4-3-8-17-11-14;/h5-6,10,14,17H,3-4,7-9,11H2,1-2H3,(H,18,19);1H. The molecule has 1 heterocycles. The fraction of sp³-hybridized carbons (Fsp3) is 0.562. The number of carbonyl (C=O) groups excluding carboxylic acids is 1. The number of benzene rings is 1. The molecule has 1 fully saturated rings. The number of amides is 1. The van der Waals surface area contributed by atoms with Crippen LogP contribution < -0.4 is 15.4 Å². The van der Waals surface area contributed by atoms with E-state index in [0.717, 1.165) is 31.7 Å². The highest BCUT2D eigenvalue weighted by Gasteiger charge is 2.14. The fourth-order valence-electron chi connectivity index (χ4n) is 2.34. The molecule has 1 aliphatic rings. The molecule has 1 unspecified atom stereocenters. The van der Waals surface area contributed by atoms with Gasteiger partial charge in [0.2, 0.25) is 5.91 Å². The van der Waals surface area contributed by atoms with Crippen LogP contribution in [0, 0.1) is 13.8 Å². The van der Waals surface area contributed by atoms with Crippen LogP contribution in [0.25, 0.3) is 0 Å². The molecule has 1 aromatic rings. The predicted molar refractivity (Wildman–Crippen MR) is 87.3 cm³/mol. The zero-order valence-corrected chi connectivity index (χ0v) is 13.6. The fourth-order valence-corrected chi connectivity index (χ4v) is 2.34. The SMILES string of the molecule is Cc1ccc(OCCC(=O)NC2CCCNC2)cc1C.Cl. The molecule has 0 bridgehead atoms. The first kappa shape index (κ1) is 17.8. The molecule has 1 amide bonds. The third kappa shape index (κ3) is 5.94. The van der Waals surface area contributed by atoms with Crippen LogP contribution in [0.1, 0.15) is 30.4 Å². The summed E-state index contributed by atoms with van der Waals surface area (Å²) in [5.74, 6) is 0.905. The van der Waals surface area contributed by atoms with E-state index in [1.54, 1.807) is 0 Å². The van der Waals surface area contributed by atoms with Gasteiger partial charge in [0.25, 0.3) is 0 Å². The molecule has 2 N–H and O–H groups in total. The van der Waals surface area contributed by atoms with E-state index in [1.165, 1.54) is 11.1 Å². The van der Waals surface area contributed by atoms with Crippen LogP contribution in [0.2, 0.25) is 0 Å². The number of ether oxygens (including phenoxy) is 1. The lowest BCUT2D eigenvalue weighted by Gasteiger charge is -2.23. The van der Waals surface area contributed by atoms with Gasteiger partial charge in [-0.2, -0.15) is 0 Å². The summed E-state index contributed by atoms with van der Waals surface area (Å²) < 4.78 is 5.63. The van der Waals surface area contributed by atoms with Crippen LogP contribution in [0.15, 0.2) is 18.2 Å². The number of carbonyl (C=O) groups is 1. The van der Waals surface area contributed by atoms with Crippen molar-refractivity contribution in [3.8, 4) is 5.75 Å². The van der Waals surface area contributed by atoms with Gasteiger partial charge in [-0.15, -0.1) is 12.4 Å². The van der Waals surface area contributed by atoms with Crippen molar-refractivity contribution in [3.05, 3.63) is 29.3 Å². The van der Waals surface area contributed by atoms with Crippen LogP contribution in [-0.2, 0) is 4.79 Å². The zero-order valence-electron chi connectivity index (χ0n) is 12.8. The van der Waals surface area contributed by atoms with Crippen molar-refractivity contribution >= 4 is 18.3 Å². The van der Waals surface area contributed by atoms with Gasteiger partial charge < -0.3 is 15.4 Å². The van der Waals surface area contributed by atoms with Gasteiger partial charge in [-0.25, -0.2) is 0 Å². The van der Waals surface area contributed by atoms with Gasteiger partial charge in [0.1, 0.15) is 5.75 Å². The lowest BCUT2D eigenvalue weighted by Crippen LogP contribution is -2.45. The molecule has 4 nitrogen and oxygen atoms in total. The van der Waals surface area contributed by atoms with Crippen LogP contribution in [0.3, 0.4) is 0 Å². The highest BCUT2D eigenvalue weighted by atomic mass is 35.5. The van der Waals surface area contributed by atoms with E-state index < -0.39 is 0 Å². The summed E-state index contributed by atoms with van der Waals surface area (Å²) >= 11 is 0. The van der Waals surface area contributed by atoms with Crippen LogP contribution in [0.4, 0.5) is 0 Å². The van der Waals surface area contributed by atoms with E-state index in [1.807, 2.05) is 18.2 Å². The Balaban J connectivity index is 0.00000220. The Morgan fingerprint density at radius 2 is 2.19 bits per heavy atom. The van der Waals surface area contributed by atoms with Crippen molar-refractivity contribution in [3.63, 3.8) is 0 Å². The highest BCUT2D eigenvalue weighted by Crippen LogP contribution is 2.16. The molecule has 118 valence electrons. The molecule has 1 atom stereocenters. The number of nitrogens with one attached hydrogen (secondary N) is 2. The van der Waals surface area contributed by atoms with E-state index in [4.69, 9.17) is 4.74 Å². The average Bonchev–Trinajstić information content (AvgIpc) is 2.44. The monoisotopic (exact) mass is 312 g/mol. The largest absolute Gasteiger partial charge is 0.493 e. The molecule has 0 saturated carbocycles. The number of halogens is 1. The van der Waals surface area contributed by atoms with E-state index in [2.05, 4.69) is 24.5 Å². The van der Waals surface area contributed by atoms with Crippen molar-refractivity contribution < 1.29 is 9.53 Å². The van der Waals surface area contributed by atoms with Gasteiger partial charge in [0, 0.05) is 12.6 Å². The summed E-state index contributed by atoms with van der Waals surface area (Å²) in [4.78, 5) is 11.8. The molecular formula is C16H25ClN2O2. The highest BCUT2D eigenvalue weighted by molar-refractivity contribution is 5.85. The smallest absolute Gasteiger partial charge is 0.223 e. The van der Waals surface area contributed by atoms with Gasteiger partial charge in [-0.1, -0.05) is 6.07 Å². The second-order valence-electron chi connectivity index (χ2n) is 5.46. The Morgan fingerprint density at radius 1 is 1.38 bits per heavy atom. The number of aryl methyl sites for hydroxylation is 2. The molecule has 0 spiro atoms. The minimum absolute atomic E-state index is 0. The second kappa shape index (κ2) is 8.90. The molecule has 1 aliphatic heterocycles. The van der Waals surface area contributed by atoms with Crippen molar-refractivity contribution in [2.75, 3.05) is 19.7 Å². The number of rotatable bonds is 5. The molecule has 0 aromatic heterocycles. The summed E-state index contributed by atoms with van der Waals surface area (Å²) in [5, 5.41) is 6.33. The number of piperidine rings is 1. The van der Waals surface area contributed by atoms with Crippen molar-refractivity contribution in [2.24, 2.45) is 0 Å². The lowest BCUT2D eigenvalue weighted by atomic mass is 10.1. The summed E-state index contributed by atoms with van der Waals surface area (Å²) in [6.07, 6.45) is 2.60. The first-order chi connectivity index (χ1) is 9.65. The summed E-state index contributed by atoms with van der Waals surface area (Å²) in [6.45, 7) is 6.50. The van der Waals surface area contributed by atoms with Crippen molar-refractivity contribution in [2.45, 2.75) is 39.2 Å². The average molecular weight is 313 g/mol. The maximum Gasteiger partial charge on any atom is 0.223 e. The minimum Gasteiger partial charge on any atom is -0.493 e. The first-order valence-electron chi connectivity index (χ1n) is 7.35. The zero-order chi connectivity index (χ0) is 14.4. The minimum atomic E-state index is 0. The second-order valence-corrected chi connectivity index (χ2v) is 5.46. The molecular weight excluding hydrogens is 288 g/mol. The lowest BCUT2D eigenvalue weighted by molar-refractivity contribution is -0.122. The molecule has 0 aliphatic carbocycles. The maximum absolute atomic E-state index is 11.8. The van der Waals surface area contributed by atoms with Crippen LogP contribution >= 0.6 is 12.4 Å². The van der Waals surface area contributed by atoms with E-state index in [-0.39, 0.29) is 24.4 Å². The third-order valence-electron chi connectivity index (χ3n) is 3.74. The summed E-state index contributed by atoms with van der Waals surface area (Å²) in [5.41, 5.74) is 2.46. The number of hydrogen-bond acceptors (Lipinski definition) is 3. The van der Waals surface area contributed by atoms with E-state index >= 15 is 0 Å². The van der Waals surface area contributed by atoms with Gasteiger partial charge in [-0.3, -0.25) is 4.79 Å². The van der Waals surface area contributed by atoms with E-state index in [9.17, 15) is 4.79 Å².